The van der Waals surface area contributed by atoms with Gasteiger partial charge in [-0.25, -0.2) is 0 Å². The summed E-state index contributed by atoms with van der Waals surface area (Å²) < 4.78 is 6.27. The van der Waals surface area contributed by atoms with E-state index in [2.05, 4.69) is 28.6 Å². The first-order valence-corrected chi connectivity index (χ1v) is 8.15. The number of hydrogen-bond acceptors (Lipinski definition) is 4. The normalized spacial score (nSPS) is 17.1. The van der Waals surface area contributed by atoms with Crippen molar-refractivity contribution in [3.8, 4) is 5.75 Å². The summed E-state index contributed by atoms with van der Waals surface area (Å²) in [6.07, 6.45) is 4.42. The van der Waals surface area contributed by atoms with Crippen LogP contribution in [0.15, 0.2) is 16.6 Å². The second-order valence-corrected chi connectivity index (χ2v) is 6.75. The molecule has 0 atom stereocenters. The molecule has 0 saturated heterocycles. The molecule has 0 spiro atoms. The highest BCUT2D eigenvalue weighted by Gasteiger charge is 2.34. The summed E-state index contributed by atoms with van der Waals surface area (Å²) in [5.41, 5.74) is -0.0903. The van der Waals surface area contributed by atoms with E-state index < -0.39 is 4.92 Å². The number of nitro benzene ring substituents is 1. The van der Waals surface area contributed by atoms with E-state index in [1.165, 1.54) is 6.07 Å². The van der Waals surface area contributed by atoms with Crippen LogP contribution in [0.5, 0.6) is 5.75 Å². The molecular formula is C13H15BrClNO3S. The van der Waals surface area contributed by atoms with E-state index in [0.717, 1.165) is 31.4 Å². The Morgan fingerprint density at radius 1 is 1.45 bits per heavy atom. The van der Waals surface area contributed by atoms with Gasteiger partial charge in [-0.2, -0.15) is 12.6 Å². The maximum absolute atomic E-state index is 11.1. The van der Waals surface area contributed by atoms with Gasteiger partial charge in [0.05, 0.1) is 16.0 Å². The Bertz CT molecular complexity index is 521. The van der Waals surface area contributed by atoms with Crippen LogP contribution in [0.4, 0.5) is 5.69 Å². The quantitative estimate of drug-likeness (QED) is 0.450. The van der Waals surface area contributed by atoms with E-state index in [9.17, 15) is 10.1 Å². The van der Waals surface area contributed by atoms with Crippen LogP contribution in [0.3, 0.4) is 0 Å². The van der Waals surface area contributed by atoms with Gasteiger partial charge < -0.3 is 4.74 Å². The number of halogens is 2. The Morgan fingerprint density at radius 3 is 2.65 bits per heavy atom. The first-order chi connectivity index (χ1) is 9.47. The minimum atomic E-state index is -0.478. The van der Waals surface area contributed by atoms with Crippen molar-refractivity contribution in [1.29, 1.82) is 0 Å². The fraction of sp³-hybridized carbons (Fsp3) is 0.538. The van der Waals surface area contributed by atoms with E-state index in [1.807, 2.05) is 0 Å². The number of rotatable bonds is 5. The molecule has 1 aromatic carbocycles. The highest BCUT2D eigenvalue weighted by Crippen LogP contribution is 2.42. The van der Waals surface area contributed by atoms with E-state index in [-0.39, 0.29) is 16.9 Å². The maximum Gasteiger partial charge on any atom is 0.313 e. The van der Waals surface area contributed by atoms with E-state index >= 15 is 0 Å². The summed E-state index contributed by atoms with van der Waals surface area (Å²) in [4.78, 5) is 10.6. The summed E-state index contributed by atoms with van der Waals surface area (Å²) in [5.74, 6) is 0.971. The Morgan fingerprint density at radius 2 is 2.10 bits per heavy atom. The molecule has 1 aliphatic carbocycles. The topological polar surface area (TPSA) is 52.4 Å². The number of thiol groups is 1. The lowest BCUT2D eigenvalue weighted by Crippen LogP contribution is -2.27. The highest BCUT2D eigenvalue weighted by molar-refractivity contribution is 9.10. The van der Waals surface area contributed by atoms with E-state index in [0.29, 0.717) is 16.1 Å². The van der Waals surface area contributed by atoms with Crippen LogP contribution >= 0.6 is 40.2 Å². The van der Waals surface area contributed by atoms with Crippen molar-refractivity contribution >= 4 is 45.8 Å². The number of benzene rings is 1. The molecule has 20 heavy (non-hydrogen) atoms. The van der Waals surface area contributed by atoms with Crippen molar-refractivity contribution in [1.82, 2.24) is 0 Å². The van der Waals surface area contributed by atoms with Gasteiger partial charge in [0.25, 0.3) is 0 Å². The fourth-order valence-electron chi connectivity index (χ4n) is 2.52. The Kier molecular flexibility index (Phi) is 5.20. The molecule has 0 aliphatic heterocycles. The van der Waals surface area contributed by atoms with Crippen LogP contribution in [0.25, 0.3) is 0 Å². The Balaban J connectivity index is 2.22. The molecule has 0 N–H and O–H groups in total. The first kappa shape index (κ1) is 15.9. The van der Waals surface area contributed by atoms with Gasteiger partial charge in [0.1, 0.15) is 0 Å². The largest absolute Gasteiger partial charge is 0.485 e. The fourth-order valence-corrected chi connectivity index (χ4v) is 3.84. The minimum Gasteiger partial charge on any atom is -0.485 e. The second kappa shape index (κ2) is 6.54. The third-order valence-electron chi connectivity index (χ3n) is 3.71. The standard InChI is InChI=1S/C13H15BrClNO3S/c14-10-5-9(15)6-11(16(17)18)12(10)19-7-13(8-20)3-1-2-4-13/h5-6,20H,1-4,7-8H2. The second-order valence-electron chi connectivity index (χ2n) is 5.15. The number of nitrogens with zero attached hydrogens (tertiary/aromatic N) is 1. The average Bonchev–Trinajstić information content (AvgIpc) is 2.86. The van der Waals surface area contributed by atoms with Crippen LogP contribution in [-0.4, -0.2) is 17.3 Å². The summed E-state index contributed by atoms with van der Waals surface area (Å²) in [6, 6.07) is 2.91. The zero-order valence-electron chi connectivity index (χ0n) is 10.8. The van der Waals surface area contributed by atoms with Crippen molar-refractivity contribution in [3.63, 3.8) is 0 Å². The predicted molar refractivity (Wildman–Crippen MR) is 86.1 cm³/mol. The molecule has 1 aliphatic rings. The van der Waals surface area contributed by atoms with Gasteiger partial charge in [-0.1, -0.05) is 24.4 Å². The van der Waals surface area contributed by atoms with Crippen molar-refractivity contribution in [2.24, 2.45) is 5.41 Å². The predicted octanol–water partition coefficient (Wildman–Crippen LogP) is 4.88. The van der Waals surface area contributed by atoms with Gasteiger partial charge in [0.15, 0.2) is 0 Å². The maximum atomic E-state index is 11.1. The van der Waals surface area contributed by atoms with Crippen molar-refractivity contribution in [2.45, 2.75) is 25.7 Å². The van der Waals surface area contributed by atoms with Crippen LogP contribution in [0.2, 0.25) is 5.02 Å². The molecular weight excluding hydrogens is 366 g/mol. The summed E-state index contributed by atoms with van der Waals surface area (Å²) in [5, 5.41) is 11.4. The van der Waals surface area contributed by atoms with E-state index in [1.54, 1.807) is 6.07 Å². The van der Waals surface area contributed by atoms with Gasteiger partial charge in [0.2, 0.25) is 5.75 Å². The van der Waals surface area contributed by atoms with Gasteiger partial charge >= 0.3 is 5.69 Å². The highest BCUT2D eigenvalue weighted by atomic mass is 79.9. The SMILES string of the molecule is O=[N+]([O-])c1cc(Cl)cc(Br)c1OCC1(CS)CCCC1. The molecule has 0 unspecified atom stereocenters. The summed E-state index contributed by atoms with van der Waals surface area (Å²) in [7, 11) is 0. The van der Waals surface area contributed by atoms with Crippen molar-refractivity contribution < 1.29 is 9.66 Å². The van der Waals surface area contributed by atoms with Crippen molar-refractivity contribution in [2.75, 3.05) is 12.4 Å². The number of ether oxygens (including phenoxy) is 1. The minimum absolute atomic E-state index is 0.0239. The first-order valence-electron chi connectivity index (χ1n) is 6.34. The third-order valence-corrected chi connectivity index (χ3v) is 5.19. The Hall–Kier alpha value is -0.460. The zero-order valence-corrected chi connectivity index (χ0v) is 14.0. The lowest BCUT2D eigenvalue weighted by molar-refractivity contribution is -0.386. The number of hydrogen-bond donors (Lipinski definition) is 1. The molecule has 0 heterocycles. The molecule has 1 aromatic rings. The van der Waals surface area contributed by atoms with Crippen LogP contribution in [0.1, 0.15) is 25.7 Å². The van der Waals surface area contributed by atoms with Crippen LogP contribution in [0, 0.1) is 15.5 Å². The monoisotopic (exact) mass is 379 g/mol. The molecule has 0 bridgehead atoms. The molecule has 110 valence electrons. The smallest absolute Gasteiger partial charge is 0.313 e. The molecule has 0 radical (unpaired) electrons. The third kappa shape index (κ3) is 3.40. The molecule has 1 saturated carbocycles. The van der Waals surface area contributed by atoms with Gasteiger partial charge in [0, 0.05) is 16.5 Å². The molecule has 2 rings (SSSR count). The molecule has 7 heteroatoms. The Labute approximate surface area is 136 Å². The van der Waals surface area contributed by atoms with Crippen LogP contribution in [-0.2, 0) is 0 Å². The molecule has 1 fully saturated rings. The van der Waals surface area contributed by atoms with Crippen molar-refractivity contribution in [3.05, 3.63) is 31.7 Å². The lowest BCUT2D eigenvalue weighted by Gasteiger charge is -2.26. The average molecular weight is 381 g/mol. The van der Waals surface area contributed by atoms with Gasteiger partial charge in [-0.05, 0) is 40.6 Å². The van der Waals surface area contributed by atoms with Gasteiger partial charge in [-0.3, -0.25) is 10.1 Å². The van der Waals surface area contributed by atoms with E-state index in [4.69, 9.17) is 16.3 Å². The summed E-state index contributed by atoms with van der Waals surface area (Å²) in [6.45, 7) is 0.442. The van der Waals surface area contributed by atoms with Gasteiger partial charge in [-0.15, -0.1) is 0 Å². The molecule has 0 amide bonds. The summed E-state index contributed by atoms with van der Waals surface area (Å²) >= 11 is 13.5. The van der Waals surface area contributed by atoms with Crippen LogP contribution < -0.4 is 4.74 Å². The number of nitro groups is 1. The zero-order chi connectivity index (χ0) is 14.8. The molecule has 4 nitrogen and oxygen atoms in total. The lowest BCUT2D eigenvalue weighted by atomic mass is 9.90. The molecule has 0 aromatic heterocycles.